The summed E-state index contributed by atoms with van der Waals surface area (Å²) in [5.41, 5.74) is 0.495. The molecule has 1 aromatic rings. The van der Waals surface area contributed by atoms with Gasteiger partial charge < -0.3 is 15.2 Å². The molecule has 6 heteroatoms. The number of aliphatic carboxylic acids is 1. The first-order valence-corrected chi connectivity index (χ1v) is 6.09. The van der Waals surface area contributed by atoms with Gasteiger partial charge in [0.2, 0.25) is 5.91 Å². The highest BCUT2D eigenvalue weighted by Crippen LogP contribution is 2.19. The van der Waals surface area contributed by atoms with Gasteiger partial charge in [0, 0.05) is 17.7 Å². The van der Waals surface area contributed by atoms with Gasteiger partial charge >= 0.3 is 5.97 Å². The monoisotopic (exact) mass is 276 g/mol. The highest BCUT2D eigenvalue weighted by molar-refractivity contribution is 5.94. The summed E-state index contributed by atoms with van der Waals surface area (Å²) in [4.78, 5) is 22.8. The van der Waals surface area contributed by atoms with Crippen molar-refractivity contribution in [2.45, 2.75) is 13.8 Å². The fourth-order valence-corrected chi connectivity index (χ4v) is 1.48. The van der Waals surface area contributed by atoms with Crippen LogP contribution in [0.2, 0.25) is 0 Å². The maximum Gasteiger partial charge on any atom is 0.307 e. The fraction of sp³-hybridized carbons (Fsp3) is 0.357. The van der Waals surface area contributed by atoms with E-state index >= 15 is 0 Å². The van der Waals surface area contributed by atoms with Gasteiger partial charge in [-0.15, -0.1) is 0 Å². The van der Waals surface area contributed by atoms with Crippen LogP contribution in [-0.2, 0) is 9.59 Å². The Kier molecular flexibility index (Phi) is 5.54. The fourth-order valence-electron chi connectivity index (χ4n) is 1.48. The molecule has 0 heterocycles. The van der Waals surface area contributed by atoms with Gasteiger partial charge in [-0.1, -0.05) is 19.9 Å². The second-order valence-corrected chi connectivity index (χ2v) is 4.38. The normalized spacial score (nSPS) is 12.8. The first-order chi connectivity index (χ1) is 9.45. The summed E-state index contributed by atoms with van der Waals surface area (Å²) >= 11 is 0. The first kappa shape index (κ1) is 15.5. The molecule has 1 rings (SSSR count). The van der Waals surface area contributed by atoms with Crippen LogP contribution in [0, 0.1) is 23.2 Å². The lowest BCUT2D eigenvalue weighted by Gasteiger charge is -2.16. The molecule has 0 spiro atoms. The van der Waals surface area contributed by atoms with Crippen LogP contribution in [0.1, 0.15) is 13.8 Å². The quantitative estimate of drug-likeness (QED) is 0.826. The largest absolute Gasteiger partial charge is 0.481 e. The van der Waals surface area contributed by atoms with E-state index in [0.717, 1.165) is 0 Å². The number of nitrogens with zero attached hydrogens (tertiary/aromatic N) is 1. The molecule has 106 valence electrons. The van der Waals surface area contributed by atoms with Crippen molar-refractivity contribution in [1.82, 2.24) is 0 Å². The van der Waals surface area contributed by atoms with Crippen molar-refractivity contribution in [2.75, 3.05) is 11.9 Å². The number of rotatable bonds is 6. The number of ether oxygens (including phenoxy) is 1. The molecule has 6 nitrogen and oxygen atoms in total. The van der Waals surface area contributed by atoms with Gasteiger partial charge in [-0.25, -0.2) is 0 Å². The maximum absolute atomic E-state index is 11.9. The number of amides is 1. The van der Waals surface area contributed by atoms with E-state index in [4.69, 9.17) is 15.1 Å². The van der Waals surface area contributed by atoms with Gasteiger partial charge in [0.1, 0.15) is 11.8 Å². The van der Waals surface area contributed by atoms with E-state index in [1.165, 1.54) is 6.92 Å². The van der Waals surface area contributed by atoms with E-state index in [0.29, 0.717) is 11.4 Å². The van der Waals surface area contributed by atoms with Crippen LogP contribution in [0.3, 0.4) is 0 Å². The summed E-state index contributed by atoms with van der Waals surface area (Å²) in [5.74, 6) is -2.36. The number of carbonyl (C=O) groups excluding carboxylic acids is 1. The predicted molar refractivity (Wildman–Crippen MR) is 72.1 cm³/mol. The Morgan fingerprint density at radius 3 is 2.70 bits per heavy atom. The zero-order valence-corrected chi connectivity index (χ0v) is 11.3. The summed E-state index contributed by atoms with van der Waals surface area (Å²) in [6, 6.07) is 8.42. The van der Waals surface area contributed by atoms with Crippen LogP contribution in [0.5, 0.6) is 5.75 Å². The van der Waals surface area contributed by atoms with Crippen LogP contribution in [0.25, 0.3) is 0 Å². The Bertz CT molecular complexity index is 536. The number of benzene rings is 1. The third-order valence-corrected chi connectivity index (χ3v) is 2.96. The van der Waals surface area contributed by atoms with Crippen molar-refractivity contribution in [1.29, 1.82) is 5.26 Å². The summed E-state index contributed by atoms with van der Waals surface area (Å²) in [7, 11) is 0. The number of hydrogen-bond donors (Lipinski definition) is 2. The Morgan fingerprint density at radius 2 is 2.10 bits per heavy atom. The van der Waals surface area contributed by atoms with Crippen LogP contribution in [-0.4, -0.2) is 23.6 Å². The number of nitrogens with one attached hydrogen (secondary N) is 1. The van der Waals surface area contributed by atoms with E-state index < -0.39 is 17.8 Å². The lowest BCUT2D eigenvalue weighted by atomic mass is 9.95. The van der Waals surface area contributed by atoms with Crippen LogP contribution < -0.4 is 10.1 Å². The van der Waals surface area contributed by atoms with Crippen molar-refractivity contribution >= 4 is 17.6 Å². The van der Waals surface area contributed by atoms with Gasteiger partial charge in [-0.05, 0) is 12.1 Å². The molecule has 2 atom stereocenters. The van der Waals surface area contributed by atoms with Gasteiger partial charge in [-0.2, -0.15) is 5.26 Å². The van der Waals surface area contributed by atoms with Gasteiger partial charge in [-0.3, -0.25) is 9.59 Å². The van der Waals surface area contributed by atoms with Crippen molar-refractivity contribution in [2.24, 2.45) is 11.8 Å². The highest BCUT2D eigenvalue weighted by atomic mass is 16.5. The van der Waals surface area contributed by atoms with E-state index in [1.54, 1.807) is 31.2 Å². The number of carboxylic acid groups (broad SMARTS) is 1. The van der Waals surface area contributed by atoms with E-state index in [1.807, 2.05) is 6.07 Å². The molecule has 0 aliphatic rings. The number of nitriles is 1. The molecule has 2 unspecified atom stereocenters. The average molecular weight is 276 g/mol. The zero-order valence-electron chi connectivity index (χ0n) is 11.3. The Balaban J connectivity index is 2.71. The molecule has 0 fully saturated rings. The second-order valence-electron chi connectivity index (χ2n) is 4.38. The molecule has 0 aliphatic carbocycles. The molecule has 0 saturated heterocycles. The Morgan fingerprint density at radius 1 is 1.40 bits per heavy atom. The average Bonchev–Trinajstić information content (AvgIpc) is 2.43. The third kappa shape index (κ3) is 4.28. The summed E-state index contributed by atoms with van der Waals surface area (Å²) < 4.78 is 5.12. The van der Waals surface area contributed by atoms with Crippen LogP contribution >= 0.6 is 0 Å². The molecule has 1 amide bonds. The van der Waals surface area contributed by atoms with E-state index in [2.05, 4.69) is 5.32 Å². The number of hydrogen-bond acceptors (Lipinski definition) is 4. The standard InChI is InChI=1S/C14H16N2O4/c1-9(10(2)14(18)19)13(17)16-11-4-3-5-12(8-11)20-7-6-15/h3-5,8-10H,7H2,1-2H3,(H,16,17)(H,18,19). The zero-order chi connectivity index (χ0) is 15.1. The van der Waals surface area contributed by atoms with Crippen molar-refractivity contribution in [3.05, 3.63) is 24.3 Å². The van der Waals surface area contributed by atoms with Crippen molar-refractivity contribution < 1.29 is 19.4 Å². The molecular weight excluding hydrogens is 260 g/mol. The molecular formula is C14H16N2O4. The predicted octanol–water partition coefficient (Wildman–Crippen LogP) is 1.88. The first-order valence-electron chi connectivity index (χ1n) is 6.09. The number of carboxylic acids is 1. The molecule has 0 bridgehead atoms. The molecule has 0 aromatic heterocycles. The topological polar surface area (TPSA) is 99.4 Å². The van der Waals surface area contributed by atoms with Crippen LogP contribution in [0.15, 0.2) is 24.3 Å². The lowest BCUT2D eigenvalue weighted by Crippen LogP contribution is -2.29. The molecule has 1 aromatic carbocycles. The SMILES string of the molecule is CC(C(=O)O)C(C)C(=O)Nc1cccc(OCC#N)c1. The Labute approximate surface area is 117 Å². The molecule has 0 radical (unpaired) electrons. The number of anilines is 1. The smallest absolute Gasteiger partial charge is 0.307 e. The third-order valence-electron chi connectivity index (χ3n) is 2.96. The molecule has 2 N–H and O–H groups in total. The summed E-state index contributed by atoms with van der Waals surface area (Å²) in [6.45, 7) is 2.97. The molecule has 0 saturated carbocycles. The number of carbonyl (C=O) groups is 2. The summed E-state index contributed by atoms with van der Waals surface area (Å²) in [5, 5.41) is 19.9. The van der Waals surface area contributed by atoms with Crippen molar-refractivity contribution in [3.63, 3.8) is 0 Å². The van der Waals surface area contributed by atoms with E-state index in [-0.39, 0.29) is 12.5 Å². The van der Waals surface area contributed by atoms with Crippen molar-refractivity contribution in [3.8, 4) is 11.8 Å². The maximum atomic E-state index is 11.9. The van der Waals surface area contributed by atoms with Gasteiger partial charge in [0.05, 0.1) is 5.92 Å². The molecule has 0 aliphatic heterocycles. The second kappa shape index (κ2) is 7.14. The summed E-state index contributed by atoms with van der Waals surface area (Å²) in [6.07, 6.45) is 0. The minimum absolute atomic E-state index is 0.0795. The highest BCUT2D eigenvalue weighted by Gasteiger charge is 2.25. The molecule has 20 heavy (non-hydrogen) atoms. The van der Waals surface area contributed by atoms with E-state index in [9.17, 15) is 9.59 Å². The van der Waals surface area contributed by atoms with Gasteiger partial charge in [0.25, 0.3) is 0 Å². The van der Waals surface area contributed by atoms with Gasteiger partial charge in [0.15, 0.2) is 6.61 Å². The Hall–Kier alpha value is -2.55. The minimum Gasteiger partial charge on any atom is -0.481 e. The lowest BCUT2D eigenvalue weighted by molar-refractivity contribution is -0.145. The minimum atomic E-state index is -1.02. The van der Waals surface area contributed by atoms with Crippen LogP contribution in [0.4, 0.5) is 5.69 Å².